The Labute approximate surface area is 143 Å². The van der Waals surface area contributed by atoms with E-state index in [2.05, 4.69) is 10.1 Å². The topological polar surface area (TPSA) is 88.8 Å². The van der Waals surface area contributed by atoms with E-state index in [1.807, 2.05) is 13.8 Å². The molecule has 8 nitrogen and oxygen atoms in total. The number of hydrogen-bond donors (Lipinski definition) is 0. The van der Waals surface area contributed by atoms with Crippen molar-refractivity contribution in [1.82, 2.24) is 18.8 Å². The van der Waals surface area contributed by atoms with Gasteiger partial charge in [0.15, 0.2) is 5.82 Å². The van der Waals surface area contributed by atoms with Gasteiger partial charge in [0, 0.05) is 25.6 Å². The summed E-state index contributed by atoms with van der Waals surface area (Å²) in [5, 5.41) is 4.00. The van der Waals surface area contributed by atoms with Crippen LogP contribution in [0.15, 0.2) is 4.52 Å². The molecule has 9 heteroatoms. The monoisotopic (exact) mass is 358 g/mol. The average molecular weight is 358 g/mol. The summed E-state index contributed by atoms with van der Waals surface area (Å²) in [6, 6.07) is -0.525. The van der Waals surface area contributed by atoms with Gasteiger partial charge in [0.05, 0.1) is 13.2 Å². The van der Waals surface area contributed by atoms with Gasteiger partial charge in [-0.1, -0.05) is 31.8 Å². The minimum absolute atomic E-state index is 0.103. The van der Waals surface area contributed by atoms with E-state index in [0.29, 0.717) is 38.0 Å². The smallest absolute Gasteiger partial charge is 0.282 e. The molecule has 2 fully saturated rings. The lowest BCUT2D eigenvalue weighted by Gasteiger charge is -2.36. The summed E-state index contributed by atoms with van der Waals surface area (Å²) in [7, 11) is -3.55. The molecule has 0 aromatic carbocycles. The molecule has 0 radical (unpaired) electrons. The highest BCUT2D eigenvalue weighted by Crippen LogP contribution is 2.28. The van der Waals surface area contributed by atoms with Gasteiger partial charge in [-0.05, 0) is 12.8 Å². The summed E-state index contributed by atoms with van der Waals surface area (Å²) >= 11 is 0. The van der Waals surface area contributed by atoms with Crippen LogP contribution >= 0.6 is 0 Å². The summed E-state index contributed by atoms with van der Waals surface area (Å²) in [4.78, 5) is 4.38. The molecule has 24 heavy (non-hydrogen) atoms. The molecule has 0 N–H and O–H groups in total. The third kappa shape index (κ3) is 3.63. The Balaban J connectivity index is 1.85. The summed E-state index contributed by atoms with van der Waals surface area (Å²) in [5.74, 6) is 1.01. The first-order valence-corrected chi connectivity index (χ1v) is 10.1. The van der Waals surface area contributed by atoms with Gasteiger partial charge < -0.3 is 9.26 Å². The Kier molecular flexibility index (Phi) is 5.53. The van der Waals surface area contributed by atoms with Gasteiger partial charge in [0.1, 0.15) is 6.04 Å². The fourth-order valence-electron chi connectivity index (χ4n) is 3.11. The normalized spacial score (nSPS) is 25.0. The van der Waals surface area contributed by atoms with E-state index in [0.717, 1.165) is 25.7 Å². The summed E-state index contributed by atoms with van der Waals surface area (Å²) in [6.07, 6.45) is 3.99. The van der Waals surface area contributed by atoms with Gasteiger partial charge in [-0.25, -0.2) is 0 Å². The maximum absolute atomic E-state index is 13.1. The van der Waals surface area contributed by atoms with Crippen LogP contribution in [-0.4, -0.2) is 60.0 Å². The largest absolute Gasteiger partial charge is 0.378 e. The van der Waals surface area contributed by atoms with E-state index < -0.39 is 16.3 Å². The lowest BCUT2D eigenvalue weighted by atomic mass is 10.2. The second-order valence-electron chi connectivity index (χ2n) is 6.67. The minimum atomic E-state index is -3.55. The van der Waals surface area contributed by atoms with Crippen LogP contribution < -0.4 is 0 Å². The molecule has 1 atom stereocenters. The molecule has 0 aliphatic carbocycles. The zero-order chi connectivity index (χ0) is 17.2. The first-order valence-electron chi connectivity index (χ1n) is 8.68. The fraction of sp³-hybridized carbons (Fsp3) is 0.867. The van der Waals surface area contributed by atoms with Crippen LogP contribution in [0.2, 0.25) is 0 Å². The molecule has 2 aliphatic heterocycles. The highest BCUT2D eigenvalue weighted by Gasteiger charge is 2.40. The number of rotatable bonds is 4. The quantitative estimate of drug-likeness (QED) is 0.814. The minimum Gasteiger partial charge on any atom is -0.378 e. The SMILES string of the molecule is CC(C)c1nc([C@@H]2COCCN2S(=O)(=O)N2CCCCCC2)no1. The highest BCUT2D eigenvalue weighted by molar-refractivity contribution is 7.86. The van der Waals surface area contributed by atoms with Crippen molar-refractivity contribution in [1.29, 1.82) is 0 Å². The molecule has 2 aliphatic rings. The first-order chi connectivity index (χ1) is 11.5. The van der Waals surface area contributed by atoms with Crippen molar-refractivity contribution < 1.29 is 17.7 Å². The molecule has 136 valence electrons. The van der Waals surface area contributed by atoms with Crippen molar-refractivity contribution in [2.24, 2.45) is 0 Å². The Morgan fingerprint density at radius 1 is 1.12 bits per heavy atom. The molecule has 0 unspecified atom stereocenters. The Morgan fingerprint density at radius 2 is 1.83 bits per heavy atom. The molecule has 3 rings (SSSR count). The van der Waals surface area contributed by atoms with Gasteiger partial charge in [0.25, 0.3) is 10.2 Å². The molecule has 0 amide bonds. The number of nitrogens with zero attached hydrogens (tertiary/aromatic N) is 4. The van der Waals surface area contributed by atoms with Crippen LogP contribution in [0.1, 0.15) is 63.2 Å². The van der Waals surface area contributed by atoms with Crippen molar-refractivity contribution >= 4 is 10.2 Å². The van der Waals surface area contributed by atoms with E-state index in [1.165, 1.54) is 4.31 Å². The maximum Gasteiger partial charge on any atom is 0.282 e. The van der Waals surface area contributed by atoms with Crippen molar-refractivity contribution in [3.63, 3.8) is 0 Å². The zero-order valence-corrected chi connectivity index (χ0v) is 15.2. The van der Waals surface area contributed by atoms with Crippen LogP contribution in [0.3, 0.4) is 0 Å². The Morgan fingerprint density at radius 3 is 2.46 bits per heavy atom. The number of ether oxygens (including phenoxy) is 1. The second-order valence-corrected chi connectivity index (χ2v) is 8.55. The molecular weight excluding hydrogens is 332 g/mol. The van der Waals surface area contributed by atoms with Crippen molar-refractivity contribution in [2.45, 2.75) is 51.5 Å². The fourth-order valence-corrected chi connectivity index (χ4v) is 4.90. The van der Waals surface area contributed by atoms with E-state index in [1.54, 1.807) is 4.31 Å². The van der Waals surface area contributed by atoms with Crippen molar-refractivity contribution in [3.8, 4) is 0 Å². The van der Waals surface area contributed by atoms with Gasteiger partial charge in [-0.15, -0.1) is 0 Å². The second kappa shape index (κ2) is 7.47. The molecule has 2 saturated heterocycles. The Bertz CT molecular complexity index is 638. The van der Waals surface area contributed by atoms with Gasteiger partial charge in [0.2, 0.25) is 5.89 Å². The first kappa shape index (κ1) is 17.8. The van der Waals surface area contributed by atoms with Gasteiger partial charge >= 0.3 is 0 Å². The number of aromatic nitrogens is 2. The average Bonchev–Trinajstić information content (AvgIpc) is 2.90. The van der Waals surface area contributed by atoms with Crippen molar-refractivity contribution in [2.75, 3.05) is 32.8 Å². The maximum atomic E-state index is 13.1. The molecular formula is C15H26N4O4S. The van der Waals surface area contributed by atoms with Crippen LogP contribution in [0.5, 0.6) is 0 Å². The number of hydrogen-bond acceptors (Lipinski definition) is 6. The molecule has 0 saturated carbocycles. The molecule has 3 heterocycles. The molecule has 1 aromatic heterocycles. The van der Waals surface area contributed by atoms with E-state index in [9.17, 15) is 8.42 Å². The zero-order valence-electron chi connectivity index (χ0n) is 14.3. The van der Waals surface area contributed by atoms with E-state index >= 15 is 0 Å². The third-order valence-electron chi connectivity index (χ3n) is 4.52. The predicted molar refractivity (Wildman–Crippen MR) is 87.6 cm³/mol. The lowest BCUT2D eigenvalue weighted by Crippen LogP contribution is -2.50. The summed E-state index contributed by atoms with van der Waals surface area (Å²) in [5.41, 5.74) is 0. The lowest BCUT2D eigenvalue weighted by molar-refractivity contribution is 0.0253. The van der Waals surface area contributed by atoms with E-state index in [-0.39, 0.29) is 12.5 Å². The molecule has 1 aromatic rings. The van der Waals surface area contributed by atoms with Crippen LogP contribution in [0.25, 0.3) is 0 Å². The van der Waals surface area contributed by atoms with Crippen LogP contribution in [0, 0.1) is 0 Å². The number of morpholine rings is 1. The van der Waals surface area contributed by atoms with Crippen LogP contribution in [0.4, 0.5) is 0 Å². The Hall–Kier alpha value is -1.03. The standard InChI is InChI=1S/C15H26N4O4S/c1-12(2)15-16-14(17-23-15)13-11-22-10-9-19(13)24(20,21)18-7-5-3-4-6-8-18/h12-13H,3-11H2,1-2H3/t13-/m0/s1. The summed E-state index contributed by atoms with van der Waals surface area (Å²) < 4.78 is 40.1. The van der Waals surface area contributed by atoms with Gasteiger partial charge in [-0.3, -0.25) is 0 Å². The summed E-state index contributed by atoms with van der Waals surface area (Å²) in [6.45, 7) is 6.03. The molecule has 0 spiro atoms. The van der Waals surface area contributed by atoms with Crippen molar-refractivity contribution in [3.05, 3.63) is 11.7 Å². The van der Waals surface area contributed by atoms with Crippen LogP contribution in [-0.2, 0) is 14.9 Å². The highest BCUT2D eigenvalue weighted by atomic mass is 32.2. The third-order valence-corrected chi connectivity index (χ3v) is 6.56. The van der Waals surface area contributed by atoms with Gasteiger partial charge in [-0.2, -0.15) is 22.0 Å². The predicted octanol–water partition coefficient (Wildman–Crippen LogP) is 1.69. The molecule has 0 bridgehead atoms. The van der Waals surface area contributed by atoms with E-state index in [4.69, 9.17) is 9.26 Å².